The molecule has 0 fully saturated rings. The summed E-state index contributed by atoms with van der Waals surface area (Å²) in [6, 6.07) is 17.3. The molecule has 0 spiro atoms. The Hall–Kier alpha value is -2.46. The highest BCUT2D eigenvalue weighted by Gasteiger charge is 2.10. The highest BCUT2D eigenvalue weighted by atomic mass is 32.1. The number of rotatable bonds is 1. The highest BCUT2D eigenvalue weighted by molar-refractivity contribution is 7.21. The molecule has 0 aliphatic carbocycles. The van der Waals surface area contributed by atoms with E-state index in [2.05, 4.69) is 10.2 Å². The second-order valence-corrected chi connectivity index (χ2v) is 5.67. The third-order valence-corrected chi connectivity index (χ3v) is 4.45. The maximum absolute atomic E-state index is 12.2. The minimum absolute atomic E-state index is 0.0430. The third-order valence-electron chi connectivity index (χ3n) is 3.34. The maximum Gasteiger partial charge on any atom is 0.188 e. The average Bonchev–Trinajstić information content (AvgIpc) is 2.91. The third kappa shape index (κ3) is 1.66. The molecular weight excluding hydrogens is 268 g/mol. The van der Waals surface area contributed by atoms with Crippen LogP contribution in [0.15, 0.2) is 59.4 Å². The summed E-state index contributed by atoms with van der Waals surface area (Å²) in [4.78, 5) is 13.1. The summed E-state index contributed by atoms with van der Waals surface area (Å²) in [5.41, 5.74) is 1.87. The van der Waals surface area contributed by atoms with E-state index in [0.717, 1.165) is 31.6 Å². The molecule has 0 atom stereocenters. The number of benzene rings is 2. The molecule has 0 amide bonds. The molecule has 20 heavy (non-hydrogen) atoms. The number of nitrogens with one attached hydrogen (secondary N) is 1. The molecule has 0 radical (unpaired) electrons. The number of H-pyrrole nitrogens is 1. The van der Waals surface area contributed by atoms with Gasteiger partial charge in [-0.05, 0) is 18.2 Å². The second-order valence-electron chi connectivity index (χ2n) is 4.59. The summed E-state index contributed by atoms with van der Waals surface area (Å²) in [6.07, 6.45) is 0. The number of aromatic nitrogens is 2. The Morgan fingerprint density at radius 3 is 2.60 bits per heavy atom. The van der Waals surface area contributed by atoms with Crippen LogP contribution in [-0.4, -0.2) is 10.2 Å². The van der Waals surface area contributed by atoms with E-state index in [4.69, 9.17) is 0 Å². The van der Waals surface area contributed by atoms with E-state index in [1.807, 2.05) is 48.5 Å². The SMILES string of the molecule is O=c1cc(-c2n[nH]c3ccccc23)sc2ccccc12. The number of hydrogen-bond donors (Lipinski definition) is 1. The standard InChI is InChI=1S/C16H10N2OS/c19-13-9-15(20-14-8-4-2-6-11(13)14)16-10-5-1-3-7-12(10)17-18-16/h1-9H,(H,17,18). The Balaban J connectivity index is 2.05. The fourth-order valence-corrected chi connectivity index (χ4v) is 3.45. The zero-order valence-electron chi connectivity index (χ0n) is 10.5. The first-order chi connectivity index (χ1) is 9.83. The molecule has 0 saturated carbocycles. The van der Waals surface area contributed by atoms with Gasteiger partial charge in [-0.15, -0.1) is 11.3 Å². The first-order valence-electron chi connectivity index (χ1n) is 6.29. The van der Waals surface area contributed by atoms with Gasteiger partial charge in [-0.3, -0.25) is 9.89 Å². The number of hydrogen-bond acceptors (Lipinski definition) is 3. The Kier molecular flexibility index (Phi) is 2.44. The monoisotopic (exact) mass is 278 g/mol. The van der Waals surface area contributed by atoms with E-state index in [1.54, 1.807) is 17.4 Å². The van der Waals surface area contributed by atoms with Crippen LogP contribution >= 0.6 is 11.3 Å². The van der Waals surface area contributed by atoms with Crippen LogP contribution < -0.4 is 5.43 Å². The van der Waals surface area contributed by atoms with Gasteiger partial charge in [0.15, 0.2) is 5.43 Å². The molecular formula is C16H10N2OS. The smallest absolute Gasteiger partial charge is 0.188 e. The largest absolute Gasteiger partial charge is 0.289 e. The van der Waals surface area contributed by atoms with Gasteiger partial charge in [-0.1, -0.05) is 30.3 Å². The maximum atomic E-state index is 12.2. The molecule has 0 saturated heterocycles. The van der Waals surface area contributed by atoms with Gasteiger partial charge in [-0.2, -0.15) is 5.10 Å². The summed E-state index contributed by atoms with van der Waals surface area (Å²) < 4.78 is 0.988. The van der Waals surface area contributed by atoms with Crippen molar-refractivity contribution < 1.29 is 0 Å². The molecule has 3 nitrogen and oxygen atoms in total. The predicted molar refractivity (Wildman–Crippen MR) is 83.2 cm³/mol. The molecule has 1 N–H and O–H groups in total. The Bertz CT molecular complexity index is 984. The minimum Gasteiger partial charge on any atom is -0.289 e. The molecule has 96 valence electrons. The van der Waals surface area contributed by atoms with E-state index in [-0.39, 0.29) is 5.43 Å². The van der Waals surface area contributed by atoms with Crippen LogP contribution in [0.1, 0.15) is 0 Å². The van der Waals surface area contributed by atoms with Crippen molar-refractivity contribution in [3.63, 3.8) is 0 Å². The topological polar surface area (TPSA) is 45.8 Å². The normalized spacial score (nSPS) is 11.2. The summed E-state index contributed by atoms with van der Waals surface area (Å²) in [7, 11) is 0. The summed E-state index contributed by atoms with van der Waals surface area (Å²) in [5, 5.41) is 9.17. The summed E-state index contributed by atoms with van der Waals surface area (Å²) in [6.45, 7) is 0. The van der Waals surface area contributed by atoms with Crippen molar-refractivity contribution >= 4 is 32.3 Å². The quantitative estimate of drug-likeness (QED) is 0.575. The number of nitrogens with zero attached hydrogens (tertiary/aromatic N) is 1. The van der Waals surface area contributed by atoms with Gasteiger partial charge < -0.3 is 0 Å². The fraction of sp³-hybridized carbons (Fsp3) is 0. The van der Waals surface area contributed by atoms with Crippen molar-refractivity contribution in [2.75, 3.05) is 0 Å². The van der Waals surface area contributed by atoms with Crippen molar-refractivity contribution in [3.05, 3.63) is 64.8 Å². The number of aromatic amines is 1. The second kappa shape index (κ2) is 4.28. The number of para-hydroxylation sites is 1. The first kappa shape index (κ1) is 11.4. The van der Waals surface area contributed by atoms with E-state index in [9.17, 15) is 4.79 Å². The molecule has 4 heteroatoms. The molecule has 0 aliphatic rings. The lowest BCUT2D eigenvalue weighted by molar-refractivity contribution is 1.13. The van der Waals surface area contributed by atoms with Crippen molar-refractivity contribution in [1.82, 2.24) is 10.2 Å². The van der Waals surface area contributed by atoms with Crippen LogP contribution in [-0.2, 0) is 0 Å². The van der Waals surface area contributed by atoms with E-state index >= 15 is 0 Å². The van der Waals surface area contributed by atoms with Crippen molar-refractivity contribution in [2.45, 2.75) is 0 Å². The van der Waals surface area contributed by atoms with Gasteiger partial charge in [0, 0.05) is 21.5 Å². The Labute approximate surface area is 118 Å². The van der Waals surface area contributed by atoms with Crippen LogP contribution in [0.4, 0.5) is 0 Å². The van der Waals surface area contributed by atoms with Crippen LogP contribution in [0.25, 0.3) is 31.6 Å². The van der Waals surface area contributed by atoms with E-state index in [1.165, 1.54) is 0 Å². The van der Waals surface area contributed by atoms with Gasteiger partial charge in [0.25, 0.3) is 0 Å². The molecule has 2 aromatic heterocycles. The lowest BCUT2D eigenvalue weighted by atomic mass is 10.2. The zero-order valence-corrected chi connectivity index (χ0v) is 11.3. The van der Waals surface area contributed by atoms with Crippen molar-refractivity contribution in [2.24, 2.45) is 0 Å². The van der Waals surface area contributed by atoms with Crippen LogP contribution in [0.2, 0.25) is 0 Å². The summed E-state index contributed by atoms with van der Waals surface area (Å²) >= 11 is 1.59. The molecule has 0 unspecified atom stereocenters. The van der Waals surface area contributed by atoms with Crippen molar-refractivity contribution in [1.29, 1.82) is 0 Å². The molecule has 0 aliphatic heterocycles. The molecule has 0 bridgehead atoms. The van der Waals surface area contributed by atoms with Crippen molar-refractivity contribution in [3.8, 4) is 10.6 Å². The molecule has 2 aromatic carbocycles. The lowest BCUT2D eigenvalue weighted by Crippen LogP contribution is -1.98. The first-order valence-corrected chi connectivity index (χ1v) is 7.11. The molecule has 4 rings (SSSR count). The van der Waals surface area contributed by atoms with Crippen LogP contribution in [0.5, 0.6) is 0 Å². The zero-order chi connectivity index (χ0) is 13.5. The number of fused-ring (bicyclic) bond motifs is 2. The van der Waals surface area contributed by atoms with Gasteiger partial charge in [0.1, 0.15) is 5.69 Å². The Morgan fingerprint density at radius 2 is 1.70 bits per heavy atom. The van der Waals surface area contributed by atoms with Gasteiger partial charge in [0.2, 0.25) is 0 Å². The van der Waals surface area contributed by atoms with Gasteiger partial charge in [-0.25, -0.2) is 0 Å². The Morgan fingerprint density at radius 1 is 0.950 bits per heavy atom. The lowest BCUT2D eigenvalue weighted by Gasteiger charge is -2.00. The van der Waals surface area contributed by atoms with Gasteiger partial charge in [0.05, 0.1) is 10.4 Å². The molecule has 2 heterocycles. The fourth-order valence-electron chi connectivity index (χ4n) is 2.37. The summed E-state index contributed by atoms with van der Waals surface area (Å²) in [5.74, 6) is 0. The van der Waals surface area contributed by atoms with E-state index in [0.29, 0.717) is 0 Å². The van der Waals surface area contributed by atoms with E-state index < -0.39 is 0 Å². The highest BCUT2D eigenvalue weighted by Crippen LogP contribution is 2.31. The molecule has 4 aromatic rings. The van der Waals surface area contributed by atoms with Gasteiger partial charge >= 0.3 is 0 Å². The average molecular weight is 278 g/mol. The minimum atomic E-state index is 0.0430. The predicted octanol–water partition coefficient (Wildman–Crippen LogP) is 3.80. The van der Waals surface area contributed by atoms with Crippen LogP contribution in [0, 0.1) is 0 Å². The van der Waals surface area contributed by atoms with Crippen LogP contribution in [0.3, 0.4) is 0 Å².